The van der Waals surface area contributed by atoms with E-state index in [0.717, 1.165) is 12.8 Å². The number of carbonyl (C=O) groups is 1. The van der Waals surface area contributed by atoms with Gasteiger partial charge in [0.1, 0.15) is 0 Å². The molecule has 1 N–H and O–H groups in total. The van der Waals surface area contributed by atoms with Crippen molar-refractivity contribution in [2.75, 3.05) is 6.54 Å². The quantitative estimate of drug-likeness (QED) is 0.711. The zero-order valence-electron chi connectivity index (χ0n) is 10.2. The van der Waals surface area contributed by atoms with Gasteiger partial charge in [-0.25, -0.2) is 0 Å². The lowest BCUT2D eigenvalue weighted by Gasteiger charge is -2.42. The first-order chi connectivity index (χ1) is 7.39. The van der Waals surface area contributed by atoms with Crippen molar-refractivity contribution >= 4 is 23.2 Å². The molecule has 0 spiro atoms. The van der Waals surface area contributed by atoms with E-state index < -0.39 is 0 Å². The Morgan fingerprint density at radius 3 is 2.62 bits per heavy atom. The summed E-state index contributed by atoms with van der Waals surface area (Å²) in [5.41, 5.74) is 0.320. The van der Waals surface area contributed by atoms with Crippen molar-refractivity contribution in [3.63, 3.8) is 0 Å². The van der Waals surface area contributed by atoms with E-state index in [1.54, 1.807) is 0 Å². The zero-order valence-corrected chi connectivity index (χ0v) is 11.1. The van der Waals surface area contributed by atoms with Crippen molar-refractivity contribution < 1.29 is 4.79 Å². The lowest BCUT2D eigenvalue weighted by atomic mass is 9.70. The molecule has 2 atom stereocenters. The van der Waals surface area contributed by atoms with Crippen LogP contribution in [0.1, 0.15) is 40.0 Å². The maximum Gasteiger partial charge on any atom is 0.248 e. The summed E-state index contributed by atoms with van der Waals surface area (Å²) < 4.78 is 0. The van der Waals surface area contributed by atoms with Gasteiger partial charge in [-0.15, -0.1) is 0 Å². The topological polar surface area (TPSA) is 32.3 Å². The molecule has 1 amide bonds. The van der Waals surface area contributed by atoms with Crippen molar-refractivity contribution in [2.45, 2.75) is 46.1 Å². The number of nitrogens with zero attached hydrogens (tertiary/aromatic N) is 1. The predicted octanol–water partition coefficient (Wildman–Crippen LogP) is 1.92. The Morgan fingerprint density at radius 1 is 1.44 bits per heavy atom. The van der Waals surface area contributed by atoms with E-state index in [1.165, 1.54) is 6.42 Å². The summed E-state index contributed by atoms with van der Waals surface area (Å²) in [6.45, 7) is 7.22. The fourth-order valence-electron chi connectivity index (χ4n) is 3.30. The minimum Gasteiger partial charge on any atom is -0.353 e. The normalized spacial score (nSPS) is 34.1. The number of nitrogens with one attached hydrogen (secondary N) is 1. The molecule has 0 aromatic rings. The molecule has 3 nitrogen and oxygen atoms in total. The second-order valence-corrected chi connectivity index (χ2v) is 6.38. The van der Waals surface area contributed by atoms with Crippen LogP contribution in [0.4, 0.5) is 0 Å². The minimum absolute atomic E-state index is 0.139. The second-order valence-electron chi connectivity index (χ2n) is 5.99. The number of amides is 1. The Morgan fingerprint density at radius 2 is 2.12 bits per heavy atom. The highest BCUT2D eigenvalue weighted by Gasteiger charge is 2.39. The summed E-state index contributed by atoms with van der Waals surface area (Å²) in [6, 6.07) is 0.300. The van der Waals surface area contributed by atoms with Crippen molar-refractivity contribution in [2.24, 2.45) is 11.3 Å². The first-order valence-electron chi connectivity index (χ1n) is 5.99. The standard InChI is InChI=1S/C12H20N2OS/c1-8-4-9(6-12(2,3)5-8)14-10(15)7-13-11(14)16/h8-9H,4-7H2,1-3H3,(H,13,16). The van der Waals surface area contributed by atoms with Crippen molar-refractivity contribution in [1.82, 2.24) is 10.2 Å². The molecule has 1 heterocycles. The summed E-state index contributed by atoms with van der Waals surface area (Å²) in [5.74, 6) is 0.810. The average molecular weight is 240 g/mol. The average Bonchev–Trinajstić information content (AvgIpc) is 2.42. The molecule has 0 bridgehead atoms. The maximum absolute atomic E-state index is 11.8. The molecule has 2 rings (SSSR count). The smallest absolute Gasteiger partial charge is 0.248 e. The molecule has 90 valence electrons. The number of hydrogen-bond donors (Lipinski definition) is 1. The van der Waals surface area contributed by atoms with E-state index in [-0.39, 0.29) is 5.91 Å². The van der Waals surface area contributed by atoms with Gasteiger partial charge in [-0.2, -0.15) is 0 Å². The highest BCUT2D eigenvalue weighted by atomic mass is 32.1. The van der Waals surface area contributed by atoms with Crippen LogP contribution < -0.4 is 5.32 Å². The molecule has 0 aromatic heterocycles. The van der Waals surface area contributed by atoms with E-state index in [1.807, 2.05) is 4.90 Å². The molecule has 1 saturated carbocycles. The summed E-state index contributed by atoms with van der Waals surface area (Å²) in [5, 5.41) is 3.59. The molecular formula is C12H20N2OS. The van der Waals surface area contributed by atoms with Crippen LogP contribution in [0.3, 0.4) is 0 Å². The Hall–Kier alpha value is -0.640. The Labute approximate surface area is 103 Å². The molecule has 1 aliphatic heterocycles. The van der Waals surface area contributed by atoms with E-state index in [0.29, 0.717) is 29.0 Å². The van der Waals surface area contributed by atoms with Gasteiger partial charge >= 0.3 is 0 Å². The maximum atomic E-state index is 11.8. The summed E-state index contributed by atoms with van der Waals surface area (Å²) >= 11 is 5.21. The fraction of sp³-hybridized carbons (Fsp3) is 0.833. The minimum atomic E-state index is 0.139. The highest BCUT2D eigenvalue weighted by Crippen LogP contribution is 2.40. The number of rotatable bonds is 1. The van der Waals surface area contributed by atoms with Crippen LogP contribution in [-0.4, -0.2) is 28.5 Å². The van der Waals surface area contributed by atoms with Gasteiger partial charge in [0.15, 0.2) is 5.11 Å². The van der Waals surface area contributed by atoms with E-state index in [9.17, 15) is 4.79 Å². The predicted molar refractivity (Wildman–Crippen MR) is 68.0 cm³/mol. The lowest BCUT2D eigenvalue weighted by molar-refractivity contribution is -0.127. The first kappa shape index (κ1) is 11.8. The Bertz CT molecular complexity index is 311. The zero-order chi connectivity index (χ0) is 11.9. The third-order valence-corrected chi connectivity index (χ3v) is 3.95. The summed E-state index contributed by atoms with van der Waals surface area (Å²) in [4.78, 5) is 13.6. The summed E-state index contributed by atoms with van der Waals surface area (Å²) in [7, 11) is 0. The van der Waals surface area contributed by atoms with E-state index in [2.05, 4.69) is 26.1 Å². The largest absolute Gasteiger partial charge is 0.353 e. The SMILES string of the molecule is CC1CC(N2C(=O)CNC2=S)CC(C)(C)C1. The second kappa shape index (κ2) is 3.99. The van der Waals surface area contributed by atoms with Crippen LogP contribution >= 0.6 is 12.2 Å². The molecule has 0 aromatic carbocycles. The third-order valence-electron chi connectivity index (χ3n) is 3.61. The Kier molecular flexibility index (Phi) is 2.95. The fourth-order valence-corrected chi connectivity index (χ4v) is 3.62. The number of hydrogen-bond acceptors (Lipinski definition) is 2. The molecule has 2 aliphatic rings. The van der Waals surface area contributed by atoms with Crippen LogP contribution in [0.15, 0.2) is 0 Å². The van der Waals surface area contributed by atoms with Gasteiger partial charge in [-0.05, 0) is 42.8 Å². The van der Waals surface area contributed by atoms with Gasteiger partial charge in [-0.3, -0.25) is 9.69 Å². The molecule has 16 heavy (non-hydrogen) atoms. The molecular weight excluding hydrogens is 220 g/mol. The van der Waals surface area contributed by atoms with Crippen LogP contribution in [0.5, 0.6) is 0 Å². The molecule has 4 heteroatoms. The van der Waals surface area contributed by atoms with Crippen LogP contribution in [0, 0.1) is 11.3 Å². The van der Waals surface area contributed by atoms with Crippen molar-refractivity contribution in [3.8, 4) is 0 Å². The van der Waals surface area contributed by atoms with Gasteiger partial charge < -0.3 is 5.32 Å². The van der Waals surface area contributed by atoms with Crippen molar-refractivity contribution in [3.05, 3.63) is 0 Å². The third kappa shape index (κ3) is 2.21. The van der Waals surface area contributed by atoms with Gasteiger partial charge in [0.05, 0.1) is 6.54 Å². The lowest BCUT2D eigenvalue weighted by Crippen LogP contribution is -2.46. The van der Waals surface area contributed by atoms with E-state index >= 15 is 0 Å². The molecule has 2 unspecified atom stereocenters. The van der Waals surface area contributed by atoms with Crippen molar-refractivity contribution in [1.29, 1.82) is 0 Å². The van der Waals surface area contributed by atoms with Gasteiger partial charge in [-0.1, -0.05) is 20.8 Å². The molecule has 1 saturated heterocycles. The van der Waals surface area contributed by atoms with Gasteiger partial charge in [0.2, 0.25) is 5.91 Å². The van der Waals surface area contributed by atoms with Gasteiger partial charge in [0, 0.05) is 6.04 Å². The molecule has 2 fully saturated rings. The highest BCUT2D eigenvalue weighted by molar-refractivity contribution is 7.80. The van der Waals surface area contributed by atoms with Crippen LogP contribution in [0.2, 0.25) is 0 Å². The summed E-state index contributed by atoms with van der Waals surface area (Å²) in [6.07, 6.45) is 3.38. The first-order valence-corrected chi connectivity index (χ1v) is 6.40. The Balaban J connectivity index is 2.14. The molecule has 1 aliphatic carbocycles. The number of thiocarbonyl (C=S) groups is 1. The van der Waals surface area contributed by atoms with E-state index in [4.69, 9.17) is 12.2 Å². The monoisotopic (exact) mass is 240 g/mol. The van der Waals surface area contributed by atoms with Crippen LogP contribution in [0.25, 0.3) is 0 Å². The molecule has 0 radical (unpaired) electrons. The van der Waals surface area contributed by atoms with Gasteiger partial charge in [0.25, 0.3) is 0 Å². The van der Waals surface area contributed by atoms with Crippen LogP contribution in [-0.2, 0) is 4.79 Å². The number of carbonyl (C=O) groups excluding carboxylic acids is 1.